The monoisotopic (exact) mass is 289 g/mol. The first kappa shape index (κ1) is 15.0. The molecule has 0 saturated carbocycles. The minimum Gasteiger partial charge on any atom is -0.344 e. The van der Waals surface area contributed by atoms with Crippen molar-refractivity contribution in [2.24, 2.45) is 5.92 Å². The van der Waals surface area contributed by atoms with Crippen LogP contribution in [-0.4, -0.2) is 30.3 Å². The van der Waals surface area contributed by atoms with E-state index in [0.29, 0.717) is 11.4 Å². The van der Waals surface area contributed by atoms with Gasteiger partial charge < -0.3 is 10.6 Å². The molecule has 1 heterocycles. The number of amides is 3. The van der Waals surface area contributed by atoms with Gasteiger partial charge in [-0.15, -0.1) is 0 Å². The van der Waals surface area contributed by atoms with Gasteiger partial charge >= 0.3 is 0 Å². The highest BCUT2D eigenvalue weighted by Gasteiger charge is 2.33. The van der Waals surface area contributed by atoms with Crippen molar-refractivity contribution < 1.29 is 14.4 Å². The van der Waals surface area contributed by atoms with E-state index >= 15 is 0 Å². The molecule has 1 aliphatic rings. The molecule has 0 bridgehead atoms. The summed E-state index contributed by atoms with van der Waals surface area (Å²) in [5, 5.41) is 5.39. The second-order valence-corrected chi connectivity index (χ2v) is 5.41. The fourth-order valence-corrected chi connectivity index (χ4v) is 2.33. The zero-order valence-corrected chi connectivity index (χ0v) is 12.3. The number of hydrogen-bond donors (Lipinski definition) is 2. The zero-order chi connectivity index (χ0) is 15.6. The van der Waals surface area contributed by atoms with Crippen LogP contribution >= 0.6 is 0 Å². The molecule has 0 radical (unpaired) electrons. The number of para-hydroxylation sites is 2. The molecule has 1 unspecified atom stereocenters. The van der Waals surface area contributed by atoms with Crippen LogP contribution < -0.4 is 15.5 Å². The van der Waals surface area contributed by atoms with Gasteiger partial charge in [0.1, 0.15) is 12.6 Å². The van der Waals surface area contributed by atoms with Crippen LogP contribution in [0.1, 0.15) is 20.8 Å². The lowest BCUT2D eigenvalue weighted by Crippen LogP contribution is -2.54. The third-order valence-electron chi connectivity index (χ3n) is 3.33. The smallest absolute Gasteiger partial charge is 0.250 e. The first-order chi connectivity index (χ1) is 9.90. The van der Waals surface area contributed by atoms with Gasteiger partial charge in [-0.25, -0.2) is 0 Å². The lowest BCUT2D eigenvalue weighted by atomic mass is 10.0. The fraction of sp³-hybridized carbons (Fsp3) is 0.400. The maximum absolute atomic E-state index is 12.7. The second kappa shape index (κ2) is 5.95. The van der Waals surface area contributed by atoms with Gasteiger partial charge in [0.2, 0.25) is 17.7 Å². The maximum Gasteiger partial charge on any atom is 0.250 e. The number of hydrogen-bond acceptors (Lipinski definition) is 3. The van der Waals surface area contributed by atoms with E-state index in [0.717, 1.165) is 0 Å². The molecule has 0 aromatic heterocycles. The van der Waals surface area contributed by atoms with Gasteiger partial charge in [-0.1, -0.05) is 26.0 Å². The maximum atomic E-state index is 12.7. The summed E-state index contributed by atoms with van der Waals surface area (Å²) in [6.07, 6.45) is 0. The molecule has 1 aromatic rings. The van der Waals surface area contributed by atoms with Gasteiger partial charge in [-0.3, -0.25) is 19.3 Å². The van der Waals surface area contributed by atoms with Gasteiger partial charge in [-0.05, 0) is 18.1 Å². The van der Waals surface area contributed by atoms with Crippen LogP contribution in [0.4, 0.5) is 11.4 Å². The highest BCUT2D eigenvalue weighted by atomic mass is 16.2. The number of carbonyl (C=O) groups excluding carboxylic acids is 3. The third kappa shape index (κ3) is 3.21. The van der Waals surface area contributed by atoms with Crippen molar-refractivity contribution in [3.8, 4) is 0 Å². The average Bonchev–Trinajstić information content (AvgIpc) is 2.42. The standard InChI is InChI=1S/C15H19N3O3/c1-9(2)14(16-10(3)19)15(21)18-8-13(20)17-11-6-4-5-7-12(11)18/h4-7,9,14H,8H2,1-3H3,(H,16,19)(H,17,20). The third-order valence-corrected chi connectivity index (χ3v) is 3.33. The van der Waals surface area contributed by atoms with Gasteiger partial charge in [0.05, 0.1) is 11.4 Å². The highest BCUT2D eigenvalue weighted by Crippen LogP contribution is 2.29. The van der Waals surface area contributed by atoms with Crippen molar-refractivity contribution in [3.05, 3.63) is 24.3 Å². The molecule has 2 rings (SSSR count). The molecule has 0 fully saturated rings. The molecule has 6 nitrogen and oxygen atoms in total. The van der Waals surface area contributed by atoms with Crippen molar-refractivity contribution in [2.75, 3.05) is 16.8 Å². The van der Waals surface area contributed by atoms with E-state index in [1.165, 1.54) is 11.8 Å². The van der Waals surface area contributed by atoms with E-state index in [1.807, 2.05) is 13.8 Å². The van der Waals surface area contributed by atoms with Gasteiger partial charge in [0.15, 0.2) is 0 Å². The number of nitrogens with one attached hydrogen (secondary N) is 2. The summed E-state index contributed by atoms with van der Waals surface area (Å²) in [4.78, 5) is 37.2. The Bertz CT molecular complexity index is 583. The van der Waals surface area contributed by atoms with Crippen LogP contribution in [0.2, 0.25) is 0 Å². The van der Waals surface area contributed by atoms with Crippen molar-refractivity contribution >= 4 is 29.1 Å². The Balaban J connectivity index is 2.33. The van der Waals surface area contributed by atoms with Crippen molar-refractivity contribution in [1.82, 2.24) is 5.32 Å². The first-order valence-electron chi connectivity index (χ1n) is 6.87. The van der Waals surface area contributed by atoms with Crippen LogP contribution in [0.25, 0.3) is 0 Å². The Kier molecular flexibility index (Phi) is 4.26. The van der Waals surface area contributed by atoms with Gasteiger partial charge in [0, 0.05) is 6.92 Å². The molecule has 0 aliphatic carbocycles. The molecule has 1 aromatic carbocycles. The van der Waals surface area contributed by atoms with Crippen LogP contribution in [0.5, 0.6) is 0 Å². The Labute approximate surface area is 123 Å². The lowest BCUT2D eigenvalue weighted by molar-refractivity contribution is -0.128. The number of benzene rings is 1. The van der Waals surface area contributed by atoms with Gasteiger partial charge in [-0.2, -0.15) is 0 Å². The summed E-state index contributed by atoms with van der Waals surface area (Å²) in [5.74, 6) is -0.856. The highest BCUT2D eigenvalue weighted by molar-refractivity contribution is 6.11. The van der Waals surface area contributed by atoms with E-state index in [4.69, 9.17) is 0 Å². The molecular formula is C15H19N3O3. The summed E-state index contributed by atoms with van der Waals surface area (Å²) in [6, 6.07) is 6.47. The summed E-state index contributed by atoms with van der Waals surface area (Å²) >= 11 is 0. The Morgan fingerprint density at radius 1 is 1.29 bits per heavy atom. The average molecular weight is 289 g/mol. The fourth-order valence-electron chi connectivity index (χ4n) is 2.33. The summed E-state index contributed by atoms with van der Waals surface area (Å²) in [6.45, 7) is 5.04. The predicted molar refractivity (Wildman–Crippen MR) is 79.9 cm³/mol. The molecular weight excluding hydrogens is 270 g/mol. The topological polar surface area (TPSA) is 78.5 Å². The van der Waals surface area contributed by atoms with Crippen LogP contribution in [-0.2, 0) is 14.4 Å². The largest absolute Gasteiger partial charge is 0.344 e. The van der Waals surface area contributed by atoms with E-state index in [-0.39, 0.29) is 30.2 Å². The van der Waals surface area contributed by atoms with Crippen molar-refractivity contribution in [2.45, 2.75) is 26.8 Å². The van der Waals surface area contributed by atoms with E-state index < -0.39 is 6.04 Å². The SMILES string of the molecule is CC(=O)NC(C(=O)N1CC(=O)Nc2ccccc21)C(C)C. The van der Waals surface area contributed by atoms with Crippen molar-refractivity contribution in [1.29, 1.82) is 0 Å². The molecule has 3 amide bonds. The quantitative estimate of drug-likeness (QED) is 0.875. The molecule has 1 aliphatic heterocycles. The molecule has 2 N–H and O–H groups in total. The molecule has 0 saturated heterocycles. The second-order valence-electron chi connectivity index (χ2n) is 5.41. The van der Waals surface area contributed by atoms with E-state index in [2.05, 4.69) is 10.6 Å². The summed E-state index contributed by atoms with van der Waals surface area (Å²) in [5.41, 5.74) is 1.26. The number of fused-ring (bicyclic) bond motifs is 1. The Hall–Kier alpha value is -2.37. The number of rotatable bonds is 3. The lowest BCUT2D eigenvalue weighted by Gasteiger charge is -2.33. The number of anilines is 2. The zero-order valence-electron chi connectivity index (χ0n) is 12.3. The van der Waals surface area contributed by atoms with E-state index in [9.17, 15) is 14.4 Å². The predicted octanol–water partition coefficient (Wildman–Crippen LogP) is 1.13. The van der Waals surface area contributed by atoms with Gasteiger partial charge in [0.25, 0.3) is 0 Å². The van der Waals surface area contributed by atoms with Crippen LogP contribution in [0.3, 0.4) is 0 Å². The van der Waals surface area contributed by atoms with Crippen LogP contribution in [0, 0.1) is 5.92 Å². The number of carbonyl (C=O) groups is 3. The normalized spacial score (nSPS) is 15.2. The number of nitrogens with zero attached hydrogens (tertiary/aromatic N) is 1. The first-order valence-corrected chi connectivity index (χ1v) is 6.87. The Morgan fingerprint density at radius 2 is 1.95 bits per heavy atom. The molecule has 1 atom stereocenters. The van der Waals surface area contributed by atoms with E-state index in [1.54, 1.807) is 24.3 Å². The molecule has 21 heavy (non-hydrogen) atoms. The summed E-state index contributed by atoms with van der Waals surface area (Å²) < 4.78 is 0. The van der Waals surface area contributed by atoms with Crippen LogP contribution in [0.15, 0.2) is 24.3 Å². The molecule has 0 spiro atoms. The molecule has 6 heteroatoms. The molecule has 112 valence electrons. The van der Waals surface area contributed by atoms with Crippen molar-refractivity contribution in [3.63, 3.8) is 0 Å². The summed E-state index contributed by atoms with van der Waals surface area (Å²) in [7, 11) is 0. The minimum absolute atomic E-state index is 0.0430. The minimum atomic E-state index is -0.651. The Morgan fingerprint density at radius 3 is 2.57 bits per heavy atom.